The molecule has 1 saturated heterocycles. The number of ether oxygens (including phenoxy) is 4. The summed E-state index contributed by atoms with van der Waals surface area (Å²) >= 11 is 0. The van der Waals surface area contributed by atoms with Gasteiger partial charge in [-0.05, 0) is 31.5 Å². The molecule has 0 radical (unpaired) electrons. The first kappa shape index (κ1) is 27.8. The number of carbonyl (C=O) groups is 1. The zero-order valence-corrected chi connectivity index (χ0v) is 22.0. The Hall–Kier alpha value is -2.77. The maximum absolute atomic E-state index is 12.8. The summed E-state index contributed by atoms with van der Waals surface area (Å²) in [6.07, 6.45) is -3.95. The number of aromatic nitrogens is 1. The van der Waals surface area contributed by atoms with Crippen LogP contribution in [-0.4, -0.2) is 101 Å². The number of benzene rings is 1. The molecule has 1 aromatic carbocycles. The SMILES string of the molecule is C=C[C@H]1[C@H](O[C@H]2O[C@@H](CO)[C@H](O)[C@@H](O)[C@@H]2O)OC=C(C(=O)OC)[C@H]1C[C@@H]1c2[nH]c3ccccc3c2CCN1C. The Bertz CT molecular complexity index is 1230. The molecule has 0 bridgehead atoms. The number of aliphatic hydroxyl groups excluding tert-OH is 4. The molecule has 0 saturated carbocycles. The summed E-state index contributed by atoms with van der Waals surface area (Å²) in [4.78, 5) is 18.7. The molecule has 11 heteroatoms. The molecule has 0 amide bonds. The molecule has 4 heterocycles. The highest BCUT2D eigenvalue weighted by atomic mass is 16.8. The van der Waals surface area contributed by atoms with E-state index in [0.29, 0.717) is 12.0 Å². The first-order valence-corrected chi connectivity index (χ1v) is 13.1. The average Bonchev–Trinajstić information content (AvgIpc) is 3.33. The van der Waals surface area contributed by atoms with Crippen LogP contribution in [0, 0.1) is 11.8 Å². The molecular formula is C28H36N2O9. The molecule has 3 aliphatic rings. The highest BCUT2D eigenvalue weighted by Gasteiger charge is 2.48. The quantitative estimate of drug-likeness (QED) is 0.249. The molecule has 0 unspecified atom stereocenters. The Morgan fingerprint density at radius 3 is 2.69 bits per heavy atom. The predicted octanol–water partition coefficient (Wildman–Crippen LogP) is 0.735. The van der Waals surface area contributed by atoms with Gasteiger partial charge in [-0.15, -0.1) is 6.58 Å². The number of esters is 1. The fraction of sp³-hybridized carbons (Fsp3) is 0.536. The summed E-state index contributed by atoms with van der Waals surface area (Å²) in [5.74, 6) is -1.54. The number of nitrogens with one attached hydrogen (secondary N) is 1. The van der Waals surface area contributed by atoms with Gasteiger partial charge < -0.3 is 44.4 Å². The van der Waals surface area contributed by atoms with Gasteiger partial charge in [0.15, 0.2) is 6.29 Å². The van der Waals surface area contributed by atoms with Crippen molar-refractivity contribution in [2.45, 2.75) is 55.9 Å². The van der Waals surface area contributed by atoms with Crippen molar-refractivity contribution in [3.05, 3.63) is 60.0 Å². The number of fused-ring (bicyclic) bond motifs is 3. The van der Waals surface area contributed by atoms with Crippen LogP contribution < -0.4 is 0 Å². The molecule has 1 aromatic heterocycles. The second-order valence-electron chi connectivity index (χ2n) is 10.4. The van der Waals surface area contributed by atoms with E-state index in [9.17, 15) is 25.2 Å². The maximum Gasteiger partial charge on any atom is 0.337 e. The normalized spacial score (nSPS) is 35.1. The van der Waals surface area contributed by atoms with E-state index in [1.807, 2.05) is 19.2 Å². The number of nitrogens with zero attached hydrogens (tertiary/aromatic N) is 1. The Labute approximate surface area is 226 Å². The molecule has 9 atom stereocenters. The standard InChI is InChI=1S/C28H36N2O9/c1-4-14-17(11-20-22-16(9-10-30(20)2)15-7-5-6-8-19(15)29-22)18(26(35)36-3)13-37-27(14)39-28-25(34)24(33)23(32)21(12-31)38-28/h4-8,13-14,17,20-21,23-25,27-29,31-34H,1,9-12H2,2-3H3/t14-,17+,20-,21+,23+,24-,25+,27+,28-/m1/s1. The third-order valence-corrected chi connectivity index (χ3v) is 8.22. The molecule has 3 aliphatic heterocycles. The lowest BCUT2D eigenvalue weighted by Crippen LogP contribution is -2.60. The monoisotopic (exact) mass is 544 g/mol. The lowest BCUT2D eigenvalue weighted by atomic mass is 9.78. The van der Waals surface area contributed by atoms with E-state index in [4.69, 9.17) is 18.9 Å². The number of hydrogen-bond acceptors (Lipinski definition) is 10. The molecule has 0 spiro atoms. The molecule has 0 aliphatic carbocycles. The molecule has 2 aromatic rings. The minimum Gasteiger partial charge on any atom is -0.471 e. The van der Waals surface area contributed by atoms with Crippen LogP contribution in [0.1, 0.15) is 23.7 Å². The Balaban J connectivity index is 1.45. The van der Waals surface area contributed by atoms with Crippen molar-refractivity contribution in [3.8, 4) is 0 Å². The smallest absolute Gasteiger partial charge is 0.337 e. The third-order valence-electron chi connectivity index (χ3n) is 8.22. The molecule has 5 N–H and O–H groups in total. The number of likely N-dealkylation sites (N-methyl/N-ethyl adjacent to an activating group) is 1. The summed E-state index contributed by atoms with van der Waals surface area (Å²) in [5, 5.41) is 41.6. The van der Waals surface area contributed by atoms with Crippen LogP contribution in [0.4, 0.5) is 0 Å². The molecule has 39 heavy (non-hydrogen) atoms. The zero-order chi connectivity index (χ0) is 27.8. The van der Waals surface area contributed by atoms with E-state index in [-0.39, 0.29) is 6.04 Å². The molecule has 1 fully saturated rings. The van der Waals surface area contributed by atoms with Crippen molar-refractivity contribution < 1.29 is 44.2 Å². The van der Waals surface area contributed by atoms with Crippen LogP contribution in [0.2, 0.25) is 0 Å². The largest absolute Gasteiger partial charge is 0.471 e. The minimum atomic E-state index is -1.60. The van der Waals surface area contributed by atoms with E-state index in [1.165, 1.54) is 24.3 Å². The van der Waals surface area contributed by atoms with Gasteiger partial charge in [0.25, 0.3) is 0 Å². The second-order valence-corrected chi connectivity index (χ2v) is 10.4. The number of carbonyl (C=O) groups excluding carboxylic acids is 1. The number of H-pyrrole nitrogens is 1. The van der Waals surface area contributed by atoms with Crippen LogP contribution in [0.25, 0.3) is 10.9 Å². The number of para-hydroxylation sites is 1. The second kappa shape index (κ2) is 11.4. The average molecular weight is 545 g/mol. The first-order valence-electron chi connectivity index (χ1n) is 13.1. The van der Waals surface area contributed by atoms with Crippen LogP contribution in [-0.2, 0) is 30.2 Å². The van der Waals surface area contributed by atoms with Crippen molar-refractivity contribution in [3.63, 3.8) is 0 Å². The van der Waals surface area contributed by atoms with Crippen molar-refractivity contribution in [1.82, 2.24) is 9.88 Å². The van der Waals surface area contributed by atoms with Crippen molar-refractivity contribution in [2.75, 3.05) is 27.3 Å². The van der Waals surface area contributed by atoms with Gasteiger partial charge in [-0.2, -0.15) is 0 Å². The Morgan fingerprint density at radius 1 is 1.21 bits per heavy atom. The van der Waals surface area contributed by atoms with E-state index in [1.54, 1.807) is 6.08 Å². The number of methoxy groups -OCH3 is 1. The summed E-state index contributed by atoms with van der Waals surface area (Å²) in [6.45, 7) is 4.22. The molecule has 5 rings (SSSR count). The summed E-state index contributed by atoms with van der Waals surface area (Å²) in [5.41, 5.74) is 3.73. The Morgan fingerprint density at radius 2 is 1.97 bits per heavy atom. The summed E-state index contributed by atoms with van der Waals surface area (Å²) in [7, 11) is 3.35. The molecule has 212 valence electrons. The van der Waals surface area contributed by atoms with E-state index in [2.05, 4.69) is 28.6 Å². The number of rotatable bonds is 7. The minimum absolute atomic E-state index is 0.0623. The fourth-order valence-electron chi connectivity index (χ4n) is 6.00. The summed E-state index contributed by atoms with van der Waals surface area (Å²) < 4.78 is 22.3. The van der Waals surface area contributed by atoms with Crippen molar-refractivity contribution >= 4 is 16.9 Å². The zero-order valence-electron chi connectivity index (χ0n) is 22.0. The first-order chi connectivity index (χ1) is 18.8. The molecule has 11 nitrogen and oxygen atoms in total. The van der Waals surface area contributed by atoms with Crippen LogP contribution in [0.5, 0.6) is 0 Å². The van der Waals surface area contributed by atoms with Gasteiger partial charge >= 0.3 is 5.97 Å². The van der Waals surface area contributed by atoms with Gasteiger partial charge in [0.2, 0.25) is 6.29 Å². The third kappa shape index (κ3) is 5.00. The van der Waals surface area contributed by atoms with Crippen LogP contribution in [0.15, 0.2) is 48.8 Å². The van der Waals surface area contributed by atoms with Gasteiger partial charge in [-0.25, -0.2) is 4.79 Å². The topological polar surface area (TPSA) is 154 Å². The van der Waals surface area contributed by atoms with Crippen molar-refractivity contribution in [1.29, 1.82) is 0 Å². The van der Waals surface area contributed by atoms with Gasteiger partial charge in [-0.3, -0.25) is 4.90 Å². The molecular weight excluding hydrogens is 508 g/mol. The fourth-order valence-corrected chi connectivity index (χ4v) is 6.00. The van der Waals surface area contributed by atoms with Crippen molar-refractivity contribution in [2.24, 2.45) is 11.8 Å². The highest BCUT2D eigenvalue weighted by Crippen LogP contribution is 2.44. The van der Waals surface area contributed by atoms with Gasteiger partial charge in [-0.1, -0.05) is 24.3 Å². The number of hydrogen-bond donors (Lipinski definition) is 5. The van der Waals surface area contributed by atoms with Crippen LogP contribution in [0.3, 0.4) is 0 Å². The van der Waals surface area contributed by atoms with Gasteiger partial charge in [0, 0.05) is 35.0 Å². The number of aliphatic hydroxyl groups is 4. The van der Waals surface area contributed by atoms with Gasteiger partial charge in [0.1, 0.15) is 24.4 Å². The Kier molecular flexibility index (Phi) is 8.11. The van der Waals surface area contributed by atoms with E-state index < -0.39 is 61.4 Å². The highest BCUT2D eigenvalue weighted by molar-refractivity contribution is 5.89. The lowest BCUT2D eigenvalue weighted by molar-refractivity contribution is -0.339. The van der Waals surface area contributed by atoms with E-state index >= 15 is 0 Å². The maximum atomic E-state index is 12.8. The van der Waals surface area contributed by atoms with Gasteiger partial charge in [0.05, 0.1) is 31.6 Å². The predicted molar refractivity (Wildman–Crippen MR) is 139 cm³/mol. The number of aromatic amines is 1. The van der Waals surface area contributed by atoms with E-state index in [0.717, 1.165) is 24.2 Å². The lowest BCUT2D eigenvalue weighted by Gasteiger charge is -2.44. The van der Waals surface area contributed by atoms with Crippen LogP contribution >= 0.6 is 0 Å². The summed E-state index contributed by atoms with van der Waals surface area (Å²) in [6, 6.07) is 8.12.